The van der Waals surface area contributed by atoms with Gasteiger partial charge >= 0.3 is 0 Å². The largest absolute Gasteiger partial charge is 0.399 e. The van der Waals surface area contributed by atoms with Crippen LogP contribution in [0, 0.1) is 11.3 Å². The van der Waals surface area contributed by atoms with Crippen molar-refractivity contribution in [1.29, 1.82) is 5.26 Å². The molecule has 0 unspecified atom stereocenters. The number of aromatic nitrogens is 2. The van der Waals surface area contributed by atoms with Crippen LogP contribution in [0.1, 0.15) is 5.56 Å². The SMILES string of the molecule is N#Cc1cnc2ccc(N)cc2c1Nc1cccnc1. The Bertz CT molecular complexity index is 806. The number of rotatable bonds is 2. The fourth-order valence-corrected chi connectivity index (χ4v) is 2.01. The topological polar surface area (TPSA) is 87.6 Å². The molecule has 0 radical (unpaired) electrons. The van der Waals surface area contributed by atoms with Crippen molar-refractivity contribution in [3.8, 4) is 6.07 Å². The van der Waals surface area contributed by atoms with E-state index in [-0.39, 0.29) is 0 Å². The standard InChI is InChI=1S/C15H11N5/c16-7-10-8-19-14-4-3-11(17)6-13(14)15(10)20-12-2-1-5-18-9-12/h1-6,8-9H,17H2,(H,19,20). The molecule has 0 spiro atoms. The van der Waals surface area contributed by atoms with Crippen LogP contribution in [0.25, 0.3) is 10.9 Å². The minimum absolute atomic E-state index is 0.465. The summed E-state index contributed by atoms with van der Waals surface area (Å²) in [6.07, 6.45) is 4.94. The van der Waals surface area contributed by atoms with Crippen molar-refractivity contribution in [2.75, 3.05) is 11.1 Å². The normalized spacial score (nSPS) is 10.2. The molecule has 0 fully saturated rings. The van der Waals surface area contributed by atoms with Gasteiger partial charge in [0.15, 0.2) is 0 Å². The van der Waals surface area contributed by atoms with E-state index >= 15 is 0 Å². The van der Waals surface area contributed by atoms with E-state index in [4.69, 9.17) is 5.73 Å². The summed E-state index contributed by atoms with van der Waals surface area (Å²) in [7, 11) is 0. The number of nitrogens with two attached hydrogens (primary N) is 1. The van der Waals surface area contributed by atoms with Crippen molar-refractivity contribution < 1.29 is 0 Å². The molecular weight excluding hydrogens is 250 g/mol. The van der Waals surface area contributed by atoms with Crippen molar-refractivity contribution >= 4 is 28.0 Å². The van der Waals surface area contributed by atoms with Crippen LogP contribution >= 0.6 is 0 Å². The highest BCUT2D eigenvalue weighted by Gasteiger charge is 2.09. The Morgan fingerprint density at radius 3 is 2.85 bits per heavy atom. The Labute approximate surface area is 115 Å². The summed E-state index contributed by atoms with van der Waals surface area (Å²) in [5.41, 5.74) is 9.20. The molecule has 0 bridgehead atoms. The summed E-state index contributed by atoms with van der Waals surface area (Å²) < 4.78 is 0. The third-order valence-corrected chi connectivity index (χ3v) is 2.94. The van der Waals surface area contributed by atoms with Crippen LogP contribution in [0.2, 0.25) is 0 Å². The Morgan fingerprint density at radius 2 is 2.10 bits per heavy atom. The minimum atomic E-state index is 0.465. The van der Waals surface area contributed by atoms with E-state index in [1.165, 1.54) is 0 Å². The van der Waals surface area contributed by atoms with Crippen LogP contribution in [0.4, 0.5) is 17.1 Å². The van der Waals surface area contributed by atoms with Crippen LogP contribution in [0.3, 0.4) is 0 Å². The zero-order valence-corrected chi connectivity index (χ0v) is 10.5. The Hall–Kier alpha value is -3.13. The molecule has 1 aromatic carbocycles. The third kappa shape index (κ3) is 2.10. The van der Waals surface area contributed by atoms with Gasteiger partial charge in [-0.2, -0.15) is 5.26 Å². The highest BCUT2D eigenvalue weighted by Crippen LogP contribution is 2.29. The number of fused-ring (bicyclic) bond motifs is 1. The summed E-state index contributed by atoms with van der Waals surface area (Å²) in [5, 5.41) is 13.3. The van der Waals surface area contributed by atoms with Crippen LogP contribution < -0.4 is 11.1 Å². The van der Waals surface area contributed by atoms with Gasteiger partial charge in [0, 0.05) is 23.5 Å². The van der Waals surface area contributed by atoms with Gasteiger partial charge in [-0.15, -0.1) is 0 Å². The van der Waals surface area contributed by atoms with Gasteiger partial charge in [0.1, 0.15) is 6.07 Å². The molecule has 0 aliphatic carbocycles. The van der Waals surface area contributed by atoms with Gasteiger partial charge in [0.25, 0.3) is 0 Å². The number of nitrogen functional groups attached to an aromatic ring is 1. The maximum Gasteiger partial charge on any atom is 0.103 e. The average Bonchev–Trinajstić information content (AvgIpc) is 2.49. The number of benzene rings is 1. The molecule has 0 saturated carbocycles. The predicted octanol–water partition coefficient (Wildman–Crippen LogP) is 2.83. The lowest BCUT2D eigenvalue weighted by Gasteiger charge is -2.11. The van der Waals surface area contributed by atoms with E-state index in [0.717, 1.165) is 16.6 Å². The Balaban J connectivity index is 2.21. The second-order valence-electron chi connectivity index (χ2n) is 4.30. The van der Waals surface area contributed by atoms with Crippen molar-refractivity contribution in [1.82, 2.24) is 9.97 Å². The average molecular weight is 261 g/mol. The summed E-state index contributed by atoms with van der Waals surface area (Å²) in [6.45, 7) is 0. The number of pyridine rings is 2. The van der Waals surface area contributed by atoms with Crippen molar-refractivity contribution in [2.24, 2.45) is 0 Å². The first-order chi connectivity index (χ1) is 9.78. The number of nitriles is 1. The molecule has 5 nitrogen and oxygen atoms in total. The molecular formula is C15H11N5. The Morgan fingerprint density at radius 1 is 1.20 bits per heavy atom. The van der Waals surface area contributed by atoms with Gasteiger partial charge in [0.2, 0.25) is 0 Å². The molecule has 3 rings (SSSR count). The van der Waals surface area contributed by atoms with Crippen molar-refractivity contribution in [3.05, 3.63) is 54.5 Å². The second-order valence-corrected chi connectivity index (χ2v) is 4.30. The summed E-state index contributed by atoms with van der Waals surface area (Å²) in [4.78, 5) is 8.31. The van der Waals surface area contributed by atoms with Crippen molar-refractivity contribution in [2.45, 2.75) is 0 Å². The zero-order chi connectivity index (χ0) is 13.9. The van der Waals surface area contributed by atoms with Crippen LogP contribution in [-0.2, 0) is 0 Å². The van der Waals surface area contributed by atoms with Crippen LogP contribution in [0.5, 0.6) is 0 Å². The number of anilines is 3. The maximum atomic E-state index is 9.25. The molecule has 0 aliphatic rings. The van der Waals surface area contributed by atoms with Gasteiger partial charge in [-0.25, -0.2) is 0 Å². The lowest BCUT2D eigenvalue weighted by molar-refractivity contribution is 1.31. The Kier molecular flexibility index (Phi) is 2.90. The molecule has 20 heavy (non-hydrogen) atoms. The molecule has 0 amide bonds. The second kappa shape index (κ2) is 4.86. The van der Waals surface area contributed by atoms with E-state index in [0.29, 0.717) is 16.9 Å². The van der Waals surface area contributed by atoms with Gasteiger partial charge in [0.05, 0.1) is 28.7 Å². The number of hydrogen-bond acceptors (Lipinski definition) is 5. The molecule has 2 heterocycles. The monoisotopic (exact) mass is 261 g/mol. The van der Waals surface area contributed by atoms with E-state index in [1.54, 1.807) is 24.7 Å². The number of nitrogens with one attached hydrogen (secondary N) is 1. The minimum Gasteiger partial charge on any atom is -0.399 e. The molecule has 96 valence electrons. The first-order valence-electron chi connectivity index (χ1n) is 6.03. The fourth-order valence-electron chi connectivity index (χ4n) is 2.01. The molecule has 0 aliphatic heterocycles. The molecule has 0 saturated heterocycles. The van der Waals surface area contributed by atoms with Crippen molar-refractivity contribution in [3.63, 3.8) is 0 Å². The number of nitrogens with zero attached hydrogens (tertiary/aromatic N) is 3. The third-order valence-electron chi connectivity index (χ3n) is 2.94. The van der Waals surface area contributed by atoms with E-state index in [1.807, 2.05) is 24.3 Å². The molecule has 0 atom stereocenters. The van der Waals surface area contributed by atoms with Gasteiger partial charge in [-0.1, -0.05) is 0 Å². The first kappa shape index (κ1) is 11.9. The van der Waals surface area contributed by atoms with E-state index < -0.39 is 0 Å². The smallest absolute Gasteiger partial charge is 0.103 e. The van der Waals surface area contributed by atoms with Crippen LogP contribution in [-0.4, -0.2) is 9.97 Å². The molecule has 2 aromatic heterocycles. The van der Waals surface area contributed by atoms with Gasteiger partial charge < -0.3 is 11.1 Å². The zero-order valence-electron chi connectivity index (χ0n) is 10.5. The van der Waals surface area contributed by atoms with E-state index in [2.05, 4.69) is 21.4 Å². The van der Waals surface area contributed by atoms with Gasteiger partial charge in [-0.05, 0) is 30.3 Å². The lowest BCUT2D eigenvalue weighted by Crippen LogP contribution is -1.97. The highest BCUT2D eigenvalue weighted by atomic mass is 14.9. The first-order valence-corrected chi connectivity index (χ1v) is 6.03. The van der Waals surface area contributed by atoms with Crippen LogP contribution in [0.15, 0.2) is 48.9 Å². The molecule has 3 N–H and O–H groups in total. The maximum absolute atomic E-state index is 9.25. The molecule has 5 heteroatoms. The van der Waals surface area contributed by atoms with E-state index in [9.17, 15) is 5.26 Å². The quantitative estimate of drug-likeness (QED) is 0.692. The lowest BCUT2D eigenvalue weighted by atomic mass is 10.1. The highest BCUT2D eigenvalue weighted by molar-refractivity contribution is 5.97. The summed E-state index contributed by atoms with van der Waals surface area (Å²) in [6, 6.07) is 11.3. The number of hydrogen-bond donors (Lipinski definition) is 2. The summed E-state index contributed by atoms with van der Waals surface area (Å²) in [5.74, 6) is 0. The van der Waals surface area contributed by atoms with Gasteiger partial charge in [-0.3, -0.25) is 9.97 Å². The molecule has 3 aromatic rings. The summed E-state index contributed by atoms with van der Waals surface area (Å²) >= 11 is 0. The predicted molar refractivity (Wildman–Crippen MR) is 78.4 cm³/mol. The fraction of sp³-hybridized carbons (Fsp3) is 0.